The molecule has 2 nitrogen and oxygen atoms in total. The number of hydrogen-bond donors (Lipinski definition) is 1. The Morgan fingerprint density at radius 2 is 1.68 bits per heavy atom. The highest BCUT2D eigenvalue weighted by molar-refractivity contribution is 8.19. The highest BCUT2D eigenvalue weighted by Gasteiger charge is 2.18. The molecule has 0 saturated carbocycles. The Morgan fingerprint density at radius 3 is 2.32 bits per heavy atom. The molecule has 1 heterocycles. The summed E-state index contributed by atoms with van der Waals surface area (Å²) in [5, 5.41) is 2.97. The van der Waals surface area contributed by atoms with Gasteiger partial charge in [0.15, 0.2) is 0 Å². The van der Waals surface area contributed by atoms with Crippen molar-refractivity contribution < 1.29 is 4.79 Å². The van der Waals surface area contributed by atoms with Crippen molar-refractivity contribution in [3.05, 3.63) is 70.8 Å². The molecular weight excluding hydrogens is 310 g/mol. The van der Waals surface area contributed by atoms with Gasteiger partial charge in [-0.3, -0.25) is 4.79 Å². The summed E-state index contributed by atoms with van der Waals surface area (Å²) in [5.74, 6) is 2.42. The van der Waals surface area contributed by atoms with Gasteiger partial charge in [0, 0.05) is 23.6 Å². The Labute approximate surface area is 140 Å². The van der Waals surface area contributed by atoms with Gasteiger partial charge in [-0.2, -0.15) is 0 Å². The van der Waals surface area contributed by atoms with Gasteiger partial charge in [0.05, 0.1) is 4.58 Å². The van der Waals surface area contributed by atoms with Gasteiger partial charge < -0.3 is 5.32 Å². The van der Waals surface area contributed by atoms with Crippen LogP contribution in [0.15, 0.2) is 48.5 Å². The average Bonchev–Trinajstić information content (AvgIpc) is 3.09. The fourth-order valence-corrected chi connectivity index (χ4v) is 5.19. The van der Waals surface area contributed by atoms with E-state index in [2.05, 4.69) is 36.5 Å². The first-order chi connectivity index (χ1) is 10.7. The van der Waals surface area contributed by atoms with Gasteiger partial charge >= 0.3 is 0 Å². The van der Waals surface area contributed by atoms with Crippen LogP contribution in [0.3, 0.4) is 0 Å². The van der Waals surface area contributed by atoms with E-state index in [0.717, 1.165) is 11.1 Å². The second-order valence-electron chi connectivity index (χ2n) is 5.36. The number of carbonyl (C=O) groups is 1. The summed E-state index contributed by atoms with van der Waals surface area (Å²) < 4.78 is 0.532. The molecule has 4 heteroatoms. The van der Waals surface area contributed by atoms with Crippen LogP contribution in [-0.4, -0.2) is 17.4 Å². The molecule has 0 atom stereocenters. The quantitative estimate of drug-likeness (QED) is 0.901. The van der Waals surface area contributed by atoms with Crippen molar-refractivity contribution in [3.8, 4) is 0 Å². The maximum absolute atomic E-state index is 12.2. The number of benzene rings is 2. The number of nitrogens with one attached hydrogen (secondary N) is 1. The summed E-state index contributed by atoms with van der Waals surface area (Å²) >= 11 is 3.96. The smallest absolute Gasteiger partial charge is 0.251 e. The number of carbonyl (C=O) groups excluding carboxylic acids is 1. The minimum atomic E-state index is -0.0150. The zero-order valence-electron chi connectivity index (χ0n) is 12.5. The van der Waals surface area contributed by atoms with E-state index >= 15 is 0 Å². The van der Waals surface area contributed by atoms with Crippen molar-refractivity contribution in [3.63, 3.8) is 0 Å². The van der Waals surface area contributed by atoms with Crippen molar-refractivity contribution in [2.45, 2.75) is 18.1 Å². The molecule has 1 N–H and O–H groups in total. The lowest BCUT2D eigenvalue weighted by atomic mass is 10.1. The van der Waals surface area contributed by atoms with Crippen LogP contribution in [0.1, 0.15) is 31.6 Å². The van der Waals surface area contributed by atoms with E-state index in [0.29, 0.717) is 11.1 Å². The SMILES string of the molecule is Cc1ccc(CNC(=O)c2ccc(C3SCCS3)cc2)cc1. The summed E-state index contributed by atoms with van der Waals surface area (Å²) in [6.45, 7) is 2.63. The number of hydrogen-bond acceptors (Lipinski definition) is 3. The first kappa shape index (κ1) is 15.5. The van der Waals surface area contributed by atoms with Gasteiger partial charge in [-0.15, -0.1) is 23.5 Å². The fourth-order valence-electron chi connectivity index (χ4n) is 2.33. The van der Waals surface area contributed by atoms with Gasteiger partial charge in [-0.25, -0.2) is 0 Å². The first-order valence-corrected chi connectivity index (χ1v) is 9.49. The van der Waals surface area contributed by atoms with Crippen LogP contribution in [0.25, 0.3) is 0 Å². The minimum absolute atomic E-state index is 0.0150. The monoisotopic (exact) mass is 329 g/mol. The Morgan fingerprint density at radius 1 is 1.05 bits per heavy atom. The van der Waals surface area contributed by atoms with Crippen LogP contribution in [0.5, 0.6) is 0 Å². The second kappa shape index (κ2) is 7.25. The van der Waals surface area contributed by atoms with E-state index in [4.69, 9.17) is 0 Å². The lowest BCUT2D eigenvalue weighted by Crippen LogP contribution is -2.22. The van der Waals surface area contributed by atoms with E-state index in [1.165, 1.54) is 22.6 Å². The molecule has 0 radical (unpaired) electrons. The normalized spacial score (nSPS) is 15.0. The highest BCUT2D eigenvalue weighted by atomic mass is 32.2. The third-order valence-corrected chi connectivity index (χ3v) is 6.74. The molecular formula is C18H19NOS2. The first-order valence-electron chi connectivity index (χ1n) is 7.39. The van der Waals surface area contributed by atoms with Gasteiger partial charge in [0.2, 0.25) is 0 Å². The lowest BCUT2D eigenvalue weighted by Gasteiger charge is -2.10. The minimum Gasteiger partial charge on any atom is -0.348 e. The van der Waals surface area contributed by atoms with Crippen molar-refractivity contribution in [1.29, 1.82) is 0 Å². The molecule has 0 aliphatic carbocycles. The van der Waals surface area contributed by atoms with E-state index in [1.807, 2.05) is 47.8 Å². The van der Waals surface area contributed by atoms with Crippen LogP contribution in [0.2, 0.25) is 0 Å². The van der Waals surface area contributed by atoms with E-state index < -0.39 is 0 Å². The third-order valence-electron chi connectivity index (χ3n) is 3.64. The van der Waals surface area contributed by atoms with Crippen LogP contribution in [0.4, 0.5) is 0 Å². The molecule has 114 valence electrons. The number of rotatable bonds is 4. The maximum atomic E-state index is 12.2. The Bertz CT molecular complexity index is 631. The number of amides is 1. The molecule has 1 fully saturated rings. The van der Waals surface area contributed by atoms with Crippen molar-refractivity contribution >= 4 is 29.4 Å². The third kappa shape index (κ3) is 3.87. The summed E-state index contributed by atoms with van der Waals surface area (Å²) in [6.07, 6.45) is 0. The average molecular weight is 329 g/mol. The number of thioether (sulfide) groups is 2. The molecule has 2 aromatic rings. The van der Waals surface area contributed by atoms with Crippen molar-refractivity contribution in [1.82, 2.24) is 5.32 Å². The summed E-state index contributed by atoms with van der Waals surface area (Å²) in [4.78, 5) is 12.2. The predicted octanol–water partition coefficient (Wildman–Crippen LogP) is 4.40. The zero-order chi connectivity index (χ0) is 15.4. The van der Waals surface area contributed by atoms with E-state index in [-0.39, 0.29) is 5.91 Å². The Balaban J connectivity index is 1.58. The maximum Gasteiger partial charge on any atom is 0.251 e. The van der Waals surface area contributed by atoms with Crippen LogP contribution >= 0.6 is 23.5 Å². The molecule has 3 rings (SSSR count). The van der Waals surface area contributed by atoms with Gasteiger partial charge in [0.25, 0.3) is 5.91 Å². The highest BCUT2D eigenvalue weighted by Crippen LogP contribution is 2.45. The lowest BCUT2D eigenvalue weighted by molar-refractivity contribution is 0.0951. The Hall–Kier alpha value is -1.39. The molecule has 1 amide bonds. The second-order valence-corrected chi connectivity index (χ2v) is 8.09. The summed E-state index contributed by atoms with van der Waals surface area (Å²) in [5.41, 5.74) is 4.38. The van der Waals surface area contributed by atoms with E-state index in [9.17, 15) is 4.79 Å². The molecule has 0 bridgehead atoms. The largest absolute Gasteiger partial charge is 0.348 e. The molecule has 1 aliphatic heterocycles. The van der Waals surface area contributed by atoms with Gasteiger partial charge in [0.1, 0.15) is 0 Å². The molecule has 1 saturated heterocycles. The van der Waals surface area contributed by atoms with Gasteiger partial charge in [-0.1, -0.05) is 42.0 Å². The van der Waals surface area contributed by atoms with Crippen molar-refractivity contribution in [2.24, 2.45) is 0 Å². The topological polar surface area (TPSA) is 29.1 Å². The predicted molar refractivity (Wildman–Crippen MR) is 96.4 cm³/mol. The molecule has 2 aromatic carbocycles. The molecule has 22 heavy (non-hydrogen) atoms. The van der Waals surface area contributed by atoms with Crippen molar-refractivity contribution in [2.75, 3.05) is 11.5 Å². The standard InChI is InChI=1S/C18H19NOS2/c1-13-2-4-14(5-3-13)12-19-17(20)15-6-8-16(9-7-15)18-21-10-11-22-18/h2-9,18H,10-12H2,1H3,(H,19,20). The van der Waals surface area contributed by atoms with E-state index in [1.54, 1.807) is 0 Å². The summed E-state index contributed by atoms with van der Waals surface area (Å²) in [7, 11) is 0. The van der Waals surface area contributed by atoms with Gasteiger partial charge in [-0.05, 0) is 30.2 Å². The molecule has 0 aromatic heterocycles. The summed E-state index contributed by atoms with van der Waals surface area (Å²) in [6, 6.07) is 16.2. The number of aryl methyl sites for hydroxylation is 1. The van der Waals surface area contributed by atoms with Crippen LogP contribution in [0, 0.1) is 6.92 Å². The fraction of sp³-hybridized carbons (Fsp3) is 0.278. The molecule has 0 unspecified atom stereocenters. The molecule has 0 spiro atoms. The zero-order valence-corrected chi connectivity index (χ0v) is 14.2. The van der Waals surface area contributed by atoms with Crippen LogP contribution < -0.4 is 5.32 Å². The Kier molecular flexibility index (Phi) is 5.11. The molecule has 1 aliphatic rings. The van der Waals surface area contributed by atoms with Crippen LogP contribution in [-0.2, 0) is 6.54 Å².